The van der Waals surface area contributed by atoms with Crippen molar-refractivity contribution in [1.29, 1.82) is 0 Å². The van der Waals surface area contributed by atoms with Crippen LogP contribution < -0.4 is 5.32 Å². The Balaban J connectivity index is 1.58. The molecule has 2 aliphatic rings. The highest BCUT2D eigenvalue weighted by atomic mass is 16.2. The predicted octanol–water partition coefficient (Wildman–Crippen LogP) is 1.15. The normalized spacial score (nSPS) is 22.2. The summed E-state index contributed by atoms with van der Waals surface area (Å²) in [5.41, 5.74) is 0. The van der Waals surface area contributed by atoms with E-state index in [1.807, 2.05) is 19.3 Å². The van der Waals surface area contributed by atoms with E-state index in [2.05, 4.69) is 19.8 Å². The summed E-state index contributed by atoms with van der Waals surface area (Å²) in [7, 11) is 0. The Labute approximate surface area is 114 Å². The third kappa shape index (κ3) is 2.66. The van der Waals surface area contributed by atoms with Gasteiger partial charge in [-0.25, -0.2) is 4.98 Å². The van der Waals surface area contributed by atoms with Crippen molar-refractivity contribution in [3.8, 4) is 0 Å². The van der Waals surface area contributed by atoms with Crippen LogP contribution in [0.1, 0.15) is 38.4 Å². The van der Waals surface area contributed by atoms with E-state index in [1.165, 1.54) is 12.8 Å². The van der Waals surface area contributed by atoms with Crippen molar-refractivity contribution in [3.05, 3.63) is 18.2 Å². The molecule has 1 amide bonds. The van der Waals surface area contributed by atoms with E-state index in [1.54, 1.807) is 0 Å². The summed E-state index contributed by atoms with van der Waals surface area (Å²) >= 11 is 0. The van der Waals surface area contributed by atoms with Crippen LogP contribution in [0, 0.1) is 0 Å². The first-order chi connectivity index (χ1) is 9.24. The second-order valence-electron chi connectivity index (χ2n) is 5.67. The van der Waals surface area contributed by atoms with Crippen molar-refractivity contribution < 1.29 is 4.79 Å². The van der Waals surface area contributed by atoms with Gasteiger partial charge in [-0.1, -0.05) is 12.8 Å². The molecule has 1 aliphatic heterocycles. The number of imidazole rings is 1. The fourth-order valence-electron chi connectivity index (χ4n) is 3.08. The third-order valence-corrected chi connectivity index (χ3v) is 4.40. The van der Waals surface area contributed by atoms with Crippen molar-refractivity contribution in [2.75, 3.05) is 6.54 Å². The quantitative estimate of drug-likeness (QED) is 0.889. The molecular weight excluding hydrogens is 240 g/mol. The van der Waals surface area contributed by atoms with E-state index in [0.717, 1.165) is 38.3 Å². The molecule has 2 heterocycles. The molecule has 0 aromatic carbocycles. The molecule has 19 heavy (non-hydrogen) atoms. The molecule has 1 aliphatic carbocycles. The minimum Gasteiger partial charge on any atom is -0.352 e. The number of carbonyl (C=O) groups is 1. The summed E-state index contributed by atoms with van der Waals surface area (Å²) in [6.45, 7) is 4.62. The number of hydrogen-bond acceptors (Lipinski definition) is 3. The molecule has 5 nitrogen and oxygen atoms in total. The zero-order chi connectivity index (χ0) is 13.2. The molecule has 1 atom stereocenters. The summed E-state index contributed by atoms with van der Waals surface area (Å²) in [6, 6.07) is 0.341. The molecule has 0 saturated heterocycles. The lowest BCUT2D eigenvalue weighted by atomic mass is 10.2. The average Bonchev–Trinajstić information content (AvgIpc) is 3.07. The Morgan fingerprint density at radius 1 is 1.42 bits per heavy atom. The highest BCUT2D eigenvalue weighted by Crippen LogP contribution is 2.19. The number of hydrogen-bond donors (Lipinski definition) is 1. The van der Waals surface area contributed by atoms with E-state index < -0.39 is 0 Å². The smallest absolute Gasteiger partial charge is 0.237 e. The standard InChI is InChI=1S/C14H22N4O/c1-11(14(19)16-12-4-2-3-5-12)18-9-8-17-7-6-15-13(17)10-18/h6-7,11-12H,2-5,8-10H2,1H3,(H,16,19). The van der Waals surface area contributed by atoms with E-state index >= 15 is 0 Å². The van der Waals surface area contributed by atoms with Gasteiger partial charge in [0.05, 0.1) is 12.6 Å². The van der Waals surface area contributed by atoms with Gasteiger partial charge in [0.15, 0.2) is 0 Å². The second-order valence-corrected chi connectivity index (χ2v) is 5.67. The number of nitrogens with one attached hydrogen (secondary N) is 1. The van der Waals surface area contributed by atoms with Crippen molar-refractivity contribution in [2.45, 2.75) is 57.8 Å². The lowest BCUT2D eigenvalue weighted by molar-refractivity contribution is -0.127. The summed E-state index contributed by atoms with van der Waals surface area (Å²) in [5, 5.41) is 3.19. The molecule has 104 valence electrons. The largest absolute Gasteiger partial charge is 0.352 e. The van der Waals surface area contributed by atoms with Crippen LogP contribution in [0.4, 0.5) is 0 Å². The molecule has 1 aromatic heterocycles. The number of nitrogens with zero attached hydrogens (tertiary/aromatic N) is 3. The maximum atomic E-state index is 12.3. The highest BCUT2D eigenvalue weighted by Gasteiger charge is 2.27. The Bertz CT molecular complexity index is 450. The average molecular weight is 262 g/mol. The SMILES string of the molecule is CC(C(=O)NC1CCCC1)N1CCn2ccnc2C1. The van der Waals surface area contributed by atoms with E-state index in [-0.39, 0.29) is 11.9 Å². The maximum absolute atomic E-state index is 12.3. The van der Waals surface area contributed by atoms with Crippen molar-refractivity contribution in [1.82, 2.24) is 19.8 Å². The van der Waals surface area contributed by atoms with Gasteiger partial charge in [-0.05, 0) is 19.8 Å². The lowest BCUT2D eigenvalue weighted by Crippen LogP contribution is -2.49. The highest BCUT2D eigenvalue weighted by molar-refractivity contribution is 5.81. The van der Waals surface area contributed by atoms with Crippen LogP contribution >= 0.6 is 0 Å². The molecule has 1 saturated carbocycles. The van der Waals surface area contributed by atoms with E-state index in [4.69, 9.17) is 0 Å². The number of amides is 1. The van der Waals surface area contributed by atoms with Gasteiger partial charge in [0.25, 0.3) is 0 Å². The van der Waals surface area contributed by atoms with Gasteiger partial charge in [0, 0.05) is 31.5 Å². The van der Waals surface area contributed by atoms with Crippen LogP contribution in [0.2, 0.25) is 0 Å². The van der Waals surface area contributed by atoms with Crippen LogP contribution in [0.3, 0.4) is 0 Å². The van der Waals surface area contributed by atoms with Crippen LogP contribution in [-0.2, 0) is 17.9 Å². The van der Waals surface area contributed by atoms with Gasteiger partial charge in [0.1, 0.15) is 5.82 Å². The zero-order valence-corrected chi connectivity index (χ0v) is 11.5. The van der Waals surface area contributed by atoms with Gasteiger partial charge in [-0.3, -0.25) is 9.69 Å². The molecule has 1 N–H and O–H groups in total. The Morgan fingerprint density at radius 2 is 2.21 bits per heavy atom. The van der Waals surface area contributed by atoms with Crippen LogP contribution in [0.5, 0.6) is 0 Å². The van der Waals surface area contributed by atoms with Gasteiger partial charge in [-0.15, -0.1) is 0 Å². The molecule has 3 rings (SSSR count). The fraction of sp³-hybridized carbons (Fsp3) is 0.714. The van der Waals surface area contributed by atoms with Gasteiger partial charge in [-0.2, -0.15) is 0 Å². The van der Waals surface area contributed by atoms with Crippen molar-refractivity contribution in [3.63, 3.8) is 0 Å². The minimum absolute atomic E-state index is 0.0638. The molecule has 1 fully saturated rings. The first-order valence-corrected chi connectivity index (χ1v) is 7.28. The molecule has 0 radical (unpaired) electrons. The topological polar surface area (TPSA) is 50.2 Å². The molecule has 0 spiro atoms. The zero-order valence-electron chi connectivity index (χ0n) is 11.5. The van der Waals surface area contributed by atoms with Crippen molar-refractivity contribution in [2.24, 2.45) is 0 Å². The summed E-state index contributed by atoms with van der Waals surface area (Å²) in [4.78, 5) is 18.8. The van der Waals surface area contributed by atoms with Gasteiger partial charge >= 0.3 is 0 Å². The predicted molar refractivity (Wildman–Crippen MR) is 72.5 cm³/mol. The van der Waals surface area contributed by atoms with Gasteiger partial charge < -0.3 is 9.88 Å². The Hall–Kier alpha value is -1.36. The number of rotatable bonds is 3. The molecule has 0 bridgehead atoms. The Kier molecular flexibility index (Phi) is 3.55. The molecule has 1 unspecified atom stereocenters. The first kappa shape index (κ1) is 12.7. The number of aromatic nitrogens is 2. The summed E-state index contributed by atoms with van der Waals surface area (Å²) in [6.07, 6.45) is 8.63. The second kappa shape index (κ2) is 5.33. The molecular formula is C14H22N4O. The molecule has 5 heteroatoms. The Morgan fingerprint density at radius 3 is 3.00 bits per heavy atom. The number of carbonyl (C=O) groups excluding carboxylic acids is 1. The number of fused-ring (bicyclic) bond motifs is 1. The monoisotopic (exact) mass is 262 g/mol. The van der Waals surface area contributed by atoms with Crippen LogP contribution in [-0.4, -0.2) is 39.0 Å². The van der Waals surface area contributed by atoms with Crippen LogP contribution in [0.25, 0.3) is 0 Å². The molecule has 1 aromatic rings. The van der Waals surface area contributed by atoms with E-state index in [0.29, 0.717) is 6.04 Å². The summed E-state index contributed by atoms with van der Waals surface area (Å²) in [5.74, 6) is 1.23. The van der Waals surface area contributed by atoms with Gasteiger partial charge in [0.2, 0.25) is 5.91 Å². The third-order valence-electron chi connectivity index (χ3n) is 4.40. The van der Waals surface area contributed by atoms with E-state index in [9.17, 15) is 4.79 Å². The minimum atomic E-state index is -0.0638. The summed E-state index contributed by atoms with van der Waals surface area (Å²) < 4.78 is 2.16. The fourth-order valence-corrected chi connectivity index (χ4v) is 3.08. The first-order valence-electron chi connectivity index (χ1n) is 7.28. The maximum Gasteiger partial charge on any atom is 0.237 e. The lowest BCUT2D eigenvalue weighted by Gasteiger charge is -2.32. The van der Waals surface area contributed by atoms with Crippen molar-refractivity contribution >= 4 is 5.91 Å². The van der Waals surface area contributed by atoms with Crippen LogP contribution in [0.15, 0.2) is 12.4 Å².